The molecule has 0 heterocycles. The maximum Gasteiger partial charge on any atom is 0 e. The van der Waals surface area contributed by atoms with Crippen LogP contribution in [0.15, 0.2) is 21.9 Å². The van der Waals surface area contributed by atoms with E-state index in [2.05, 4.69) is 102 Å². The molecule has 1 aliphatic carbocycles. The second-order valence-corrected chi connectivity index (χ2v) is 15.5. The van der Waals surface area contributed by atoms with Crippen molar-refractivity contribution in [3.8, 4) is 0 Å². The van der Waals surface area contributed by atoms with Gasteiger partial charge in [0.2, 0.25) is 0 Å². The van der Waals surface area contributed by atoms with Crippen LogP contribution in [-0.2, 0) is 31.0 Å². The van der Waals surface area contributed by atoms with Crippen LogP contribution >= 0.6 is 0 Å². The van der Waals surface area contributed by atoms with E-state index in [1.807, 2.05) is 0 Å². The van der Waals surface area contributed by atoms with Crippen LogP contribution in [0.3, 0.4) is 0 Å². The molecule has 0 fully saturated rings. The summed E-state index contributed by atoms with van der Waals surface area (Å²) in [6.07, 6.45) is 0. The van der Waals surface area contributed by atoms with E-state index >= 15 is 0 Å². The average molecular weight is 432 g/mol. The summed E-state index contributed by atoms with van der Waals surface area (Å²) in [6.45, 7) is 42.4. The van der Waals surface area contributed by atoms with E-state index in [0.717, 1.165) is 0 Å². The molecule has 0 N–H and O–H groups in total. The molecule has 0 unspecified atom stereocenters. The molecule has 1 aliphatic rings. The summed E-state index contributed by atoms with van der Waals surface area (Å²) in [5.41, 5.74) is 5.76. The molecule has 5 heteroatoms. The first-order valence-corrected chi connectivity index (χ1v) is 12.1. The molecule has 0 aromatic carbocycles. The molecule has 0 saturated carbocycles. The van der Waals surface area contributed by atoms with Gasteiger partial charge in [-0.3, -0.25) is 0 Å². The van der Waals surface area contributed by atoms with Crippen molar-refractivity contribution in [1.82, 2.24) is 0 Å². The van der Waals surface area contributed by atoms with Gasteiger partial charge in [-0.1, -0.05) is 87.2 Å². The molecule has 0 amide bonds. The van der Waals surface area contributed by atoms with Gasteiger partial charge in [-0.05, 0) is 33.0 Å². The summed E-state index contributed by atoms with van der Waals surface area (Å²) in [6, 6.07) is 0. The van der Waals surface area contributed by atoms with E-state index in [9.17, 15) is 0 Å². The van der Waals surface area contributed by atoms with Crippen LogP contribution in [0, 0.1) is 36.2 Å². The van der Waals surface area contributed by atoms with E-state index in [0.29, 0.717) is 0 Å². The number of hydrogen-bond acceptors (Lipinski definition) is 0. The first kappa shape index (κ1) is 34.0. The van der Waals surface area contributed by atoms with Crippen molar-refractivity contribution in [1.29, 1.82) is 0 Å². The molecule has 0 aromatic heterocycles. The van der Waals surface area contributed by atoms with E-state index in [1.165, 1.54) is 0 Å². The Morgan fingerprint density at radius 2 is 0.741 bits per heavy atom. The molecule has 0 radical (unpaired) electrons. The third kappa shape index (κ3) is 8.98. The molecule has 27 heavy (non-hydrogen) atoms. The fourth-order valence-corrected chi connectivity index (χ4v) is 5.94. The van der Waals surface area contributed by atoms with Crippen molar-refractivity contribution in [2.24, 2.45) is 16.2 Å². The molecule has 3 nitrogen and oxygen atoms in total. The Bertz CT molecular complexity index is 478. The van der Waals surface area contributed by atoms with Crippen molar-refractivity contribution in [2.75, 3.05) is 0 Å². The zero-order valence-electron chi connectivity index (χ0n) is 19.1. The smallest absolute Gasteiger partial charge is 0 e. The number of hydrogen-bond donors (Lipinski definition) is 0. The quantitative estimate of drug-likeness (QED) is 0.258. The largest absolute Gasteiger partial charge is 0 e. The van der Waals surface area contributed by atoms with Gasteiger partial charge >= 0.3 is 33.9 Å². The van der Waals surface area contributed by atoms with E-state index < -0.39 is 8.07 Å². The molecule has 0 saturated heterocycles. The van der Waals surface area contributed by atoms with E-state index in [4.69, 9.17) is 14.0 Å². The standard InChI is InChI=1S/C19H36Si.3CO.Fe/c1-17(2,3)13-14(18(4,5)6)16(20(10,11)12)15(13)19(7,8)9;3*1-2;/h1-12H3;;;;. The van der Waals surface area contributed by atoms with Crippen molar-refractivity contribution >= 4 is 8.07 Å². The molecule has 0 atom stereocenters. The number of rotatable bonds is 1. The normalized spacial score (nSPS) is 14.0. The van der Waals surface area contributed by atoms with Crippen molar-refractivity contribution in [2.45, 2.75) is 82.0 Å². The topological polar surface area (TPSA) is 59.7 Å². The minimum atomic E-state index is -1.32. The third-order valence-electron chi connectivity index (χ3n) is 4.00. The van der Waals surface area contributed by atoms with Crippen LogP contribution in [0.4, 0.5) is 0 Å². The maximum atomic E-state index is 7.50. The first-order valence-electron chi connectivity index (χ1n) is 8.61. The van der Waals surface area contributed by atoms with Crippen molar-refractivity contribution in [3.05, 3.63) is 41.9 Å². The molecular weight excluding hydrogens is 396 g/mol. The molecule has 0 aromatic rings. The van der Waals surface area contributed by atoms with Gasteiger partial charge in [-0.25, -0.2) is 0 Å². The summed E-state index contributed by atoms with van der Waals surface area (Å²) in [5, 5.41) is 1.75. The van der Waals surface area contributed by atoms with Crippen LogP contribution in [0.1, 0.15) is 62.3 Å². The minimum absolute atomic E-state index is 0. The molecule has 0 spiro atoms. The fourth-order valence-electron chi connectivity index (χ4n) is 3.44. The second-order valence-electron chi connectivity index (χ2n) is 10.5. The van der Waals surface area contributed by atoms with Crippen LogP contribution in [0.2, 0.25) is 19.6 Å². The molecule has 0 aliphatic heterocycles. The fraction of sp³-hybridized carbons (Fsp3) is 0.682. The van der Waals surface area contributed by atoms with Gasteiger partial charge in [0, 0.05) is 17.1 Å². The van der Waals surface area contributed by atoms with E-state index in [1.54, 1.807) is 21.9 Å². The van der Waals surface area contributed by atoms with Crippen LogP contribution < -0.4 is 0 Å². The Hall–Kier alpha value is -0.564. The van der Waals surface area contributed by atoms with Gasteiger partial charge in [0.25, 0.3) is 0 Å². The maximum absolute atomic E-state index is 7.50. The van der Waals surface area contributed by atoms with Crippen LogP contribution in [0.25, 0.3) is 0 Å². The summed E-state index contributed by atoms with van der Waals surface area (Å²) in [4.78, 5) is 0. The van der Waals surface area contributed by atoms with Crippen LogP contribution in [0.5, 0.6) is 0 Å². The summed E-state index contributed by atoms with van der Waals surface area (Å²) in [7, 11) is -1.32. The monoisotopic (exact) mass is 432 g/mol. The van der Waals surface area contributed by atoms with Gasteiger partial charge in [0.1, 0.15) is 0 Å². The van der Waals surface area contributed by atoms with E-state index in [-0.39, 0.29) is 33.3 Å². The predicted molar refractivity (Wildman–Crippen MR) is 108 cm³/mol. The summed E-state index contributed by atoms with van der Waals surface area (Å²) in [5.74, 6) is 0. The van der Waals surface area contributed by atoms with Gasteiger partial charge in [-0.15, -0.1) is 0 Å². The minimum Gasteiger partial charge on any atom is 0 e. The van der Waals surface area contributed by atoms with Crippen LogP contribution in [-0.4, -0.2) is 8.07 Å². The zero-order valence-corrected chi connectivity index (χ0v) is 21.2. The second kappa shape index (κ2) is 12.1. The average Bonchev–Trinajstić information content (AvgIpc) is 2.37. The Balaban J connectivity index is -0.000000342. The van der Waals surface area contributed by atoms with Gasteiger partial charge in [-0.2, -0.15) is 0 Å². The molecule has 1 rings (SSSR count). The molecular formula is C22H36FeO3Si. The Labute approximate surface area is 179 Å². The molecule has 0 bridgehead atoms. The van der Waals surface area contributed by atoms with Gasteiger partial charge < -0.3 is 0 Å². The SMILES string of the molecule is CC(C)(C)C1=C(C(C)(C)C)C([Si](C)(C)C)=C1C(C)(C)C.[C-]#[O+].[C-]#[O+].[C-]#[O+].[Fe]. The summed E-state index contributed by atoms with van der Waals surface area (Å²) >= 11 is 0. The van der Waals surface area contributed by atoms with Gasteiger partial charge in [0.05, 0.1) is 8.07 Å². The Morgan fingerprint density at radius 3 is 0.889 bits per heavy atom. The third-order valence-corrected chi connectivity index (χ3v) is 6.00. The Morgan fingerprint density at radius 1 is 0.519 bits per heavy atom. The Kier molecular flexibility index (Phi) is 15.2. The zero-order chi connectivity index (χ0) is 22.3. The number of allylic oxidation sites excluding steroid dienone is 4. The van der Waals surface area contributed by atoms with Crippen molar-refractivity contribution < 1.29 is 31.0 Å². The first-order chi connectivity index (χ1) is 11.5. The van der Waals surface area contributed by atoms with Crippen molar-refractivity contribution in [3.63, 3.8) is 0 Å². The van der Waals surface area contributed by atoms with Gasteiger partial charge in [0.15, 0.2) is 0 Å². The summed E-state index contributed by atoms with van der Waals surface area (Å²) < 4.78 is 22.5. The predicted octanol–water partition coefficient (Wildman–Crippen LogP) is 6.49. The molecule has 154 valence electrons.